The fourth-order valence-electron chi connectivity index (χ4n) is 2.84. The summed E-state index contributed by atoms with van der Waals surface area (Å²) in [6.45, 7) is 3.30. The Kier molecular flexibility index (Phi) is 5.71. The molecule has 1 fully saturated rings. The Morgan fingerprint density at radius 1 is 1.28 bits per heavy atom. The van der Waals surface area contributed by atoms with Gasteiger partial charge in [0.2, 0.25) is 0 Å². The minimum absolute atomic E-state index is 0.0845. The number of carbonyl (C=O) groups excluding carboxylic acids is 2. The Morgan fingerprint density at radius 2 is 1.96 bits per heavy atom. The van der Waals surface area contributed by atoms with Crippen molar-refractivity contribution in [2.75, 3.05) is 19.7 Å². The number of aromatic nitrogens is 1. The molecule has 0 atom stereocenters. The molecule has 25 heavy (non-hydrogen) atoms. The topological polar surface area (TPSA) is 59.5 Å². The van der Waals surface area contributed by atoms with Gasteiger partial charge >= 0.3 is 5.97 Å². The van der Waals surface area contributed by atoms with E-state index in [2.05, 4.69) is 4.98 Å². The second-order valence-electron chi connectivity index (χ2n) is 5.86. The molecule has 5 nitrogen and oxygen atoms in total. The highest BCUT2D eigenvalue weighted by molar-refractivity contribution is 7.13. The van der Waals surface area contributed by atoms with Crippen molar-refractivity contribution in [2.24, 2.45) is 5.92 Å². The summed E-state index contributed by atoms with van der Waals surface area (Å²) < 4.78 is 5.06. The van der Waals surface area contributed by atoms with Crippen molar-refractivity contribution in [3.63, 3.8) is 0 Å². The minimum atomic E-state index is -0.159. The monoisotopic (exact) mass is 378 g/mol. The Morgan fingerprint density at radius 3 is 2.60 bits per heavy atom. The van der Waals surface area contributed by atoms with E-state index in [1.165, 1.54) is 11.3 Å². The van der Waals surface area contributed by atoms with Crippen LogP contribution in [0.1, 0.15) is 30.3 Å². The van der Waals surface area contributed by atoms with Crippen molar-refractivity contribution >= 4 is 34.8 Å². The van der Waals surface area contributed by atoms with Crippen LogP contribution < -0.4 is 0 Å². The molecule has 7 heteroatoms. The van der Waals surface area contributed by atoms with Gasteiger partial charge in [-0.1, -0.05) is 23.7 Å². The molecular weight excluding hydrogens is 360 g/mol. The molecule has 132 valence electrons. The lowest BCUT2D eigenvalue weighted by atomic mass is 9.97. The third kappa shape index (κ3) is 4.19. The first-order valence-electron chi connectivity index (χ1n) is 8.26. The number of carbonyl (C=O) groups is 2. The molecule has 0 spiro atoms. The Bertz CT molecular complexity index is 752. The molecule has 1 aliphatic heterocycles. The normalized spacial score (nSPS) is 15.2. The lowest BCUT2D eigenvalue weighted by molar-refractivity contribution is -0.149. The zero-order valence-corrected chi connectivity index (χ0v) is 15.5. The van der Waals surface area contributed by atoms with E-state index in [1.54, 1.807) is 29.3 Å². The molecule has 1 aromatic carbocycles. The fraction of sp³-hybridized carbons (Fsp3) is 0.389. The van der Waals surface area contributed by atoms with Crippen LogP contribution in [-0.2, 0) is 9.53 Å². The lowest BCUT2D eigenvalue weighted by Crippen LogP contribution is -2.40. The number of benzene rings is 1. The molecular formula is C18H19ClN2O3S. The van der Waals surface area contributed by atoms with Gasteiger partial charge < -0.3 is 9.64 Å². The highest BCUT2D eigenvalue weighted by Crippen LogP contribution is 2.26. The zero-order valence-electron chi connectivity index (χ0n) is 13.9. The van der Waals surface area contributed by atoms with Gasteiger partial charge in [0.1, 0.15) is 10.7 Å². The molecule has 0 saturated carbocycles. The summed E-state index contributed by atoms with van der Waals surface area (Å²) in [4.78, 5) is 30.6. The smallest absolute Gasteiger partial charge is 0.309 e. The van der Waals surface area contributed by atoms with Crippen LogP contribution in [0, 0.1) is 5.92 Å². The molecule has 1 aliphatic rings. The number of rotatable bonds is 4. The van der Waals surface area contributed by atoms with Crippen molar-refractivity contribution in [1.82, 2.24) is 9.88 Å². The van der Waals surface area contributed by atoms with Crippen LogP contribution in [0.3, 0.4) is 0 Å². The molecule has 1 saturated heterocycles. The average Bonchev–Trinajstić information content (AvgIpc) is 3.12. The van der Waals surface area contributed by atoms with Crippen LogP contribution in [0.4, 0.5) is 0 Å². The Hall–Kier alpha value is -1.92. The standard InChI is InChI=1S/C18H19ClN2O3S/c1-2-24-18(23)13-7-9-21(10-8-13)17(22)15-11-25-16(20-15)12-3-5-14(19)6-4-12/h3-6,11,13H,2,7-10H2,1H3. The number of halogens is 1. The van der Waals surface area contributed by atoms with Crippen LogP contribution in [0.25, 0.3) is 10.6 Å². The Balaban J connectivity index is 1.63. The van der Waals surface area contributed by atoms with E-state index in [9.17, 15) is 9.59 Å². The van der Waals surface area contributed by atoms with E-state index in [4.69, 9.17) is 16.3 Å². The maximum atomic E-state index is 12.6. The summed E-state index contributed by atoms with van der Waals surface area (Å²) in [5.41, 5.74) is 1.39. The van der Waals surface area contributed by atoms with Crippen molar-refractivity contribution in [2.45, 2.75) is 19.8 Å². The van der Waals surface area contributed by atoms with Gasteiger partial charge in [0.15, 0.2) is 0 Å². The molecule has 3 rings (SSSR count). The van der Waals surface area contributed by atoms with E-state index in [0.29, 0.717) is 43.3 Å². The van der Waals surface area contributed by atoms with Crippen molar-refractivity contribution in [1.29, 1.82) is 0 Å². The number of ether oxygens (including phenoxy) is 1. The summed E-state index contributed by atoms with van der Waals surface area (Å²) in [7, 11) is 0. The van der Waals surface area contributed by atoms with Crippen molar-refractivity contribution in [3.8, 4) is 10.6 Å². The van der Waals surface area contributed by atoms with Gasteiger partial charge in [-0.05, 0) is 31.9 Å². The molecule has 0 unspecified atom stereocenters. The van der Waals surface area contributed by atoms with Crippen LogP contribution in [0.5, 0.6) is 0 Å². The second kappa shape index (κ2) is 7.97. The predicted octanol–water partition coefficient (Wildman–Crippen LogP) is 3.88. The fourth-order valence-corrected chi connectivity index (χ4v) is 3.76. The number of esters is 1. The average molecular weight is 379 g/mol. The molecule has 2 heterocycles. The zero-order chi connectivity index (χ0) is 17.8. The van der Waals surface area contributed by atoms with Gasteiger partial charge in [-0.15, -0.1) is 11.3 Å². The van der Waals surface area contributed by atoms with Crippen LogP contribution >= 0.6 is 22.9 Å². The molecule has 0 radical (unpaired) electrons. The SMILES string of the molecule is CCOC(=O)C1CCN(C(=O)c2csc(-c3ccc(Cl)cc3)n2)CC1. The van der Waals surface area contributed by atoms with Gasteiger partial charge in [-0.25, -0.2) is 4.98 Å². The first kappa shape index (κ1) is 17.9. The van der Waals surface area contributed by atoms with E-state index in [-0.39, 0.29) is 17.8 Å². The number of thiazole rings is 1. The van der Waals surface area contributed by atoms with Gasteiger partial charge in [0.25, 0.3) is 5.91 Å². The lowest BCUT2D eigenvalue weighted by Gasteiger charge is -2.30. The number of amides is 1. The predicted molar refractivity (Wildman–Crippen MR) is 97.8 cm³/mol. The summed E-state index contributed by atoms with van der Waals surface area (Å²) in [5, 5.41) is 3.24. The Labute approximate surface area is 155 Å². The van der Waals surface area contributed by atoms with E-state index in [0.717, 1.165) is 10.6 Å². The van der Waals surface area contributed by atoms with Gasteiger partial charge in [-0.2, -0.15) is 0 Å². The quantitative estimate of drug-likeness (QED) is 0.757. The third-order valence-electron chi connectivity index (χ3n) is 4.22. The molecule has 0 N–H and O–H groups in total. The highest BCUT2D eigenvalue weighted by atomic mass is 35.5. The number of hydrogen-bond acceptors (Lipinski definition) is 5. The van der Waals surface area contributed by atoms with Crippen LogP contribution in [0.2, 0.25) is 5.02 Å². The van der Waals surface area contributed by atoms with E-state index < -0.39 is 0 Å². The van der Waals surface area contributed by atoms with E-state index in [1.807, 2.05) is 12.1 Å². The van der Waals surface area contributed by atoms with Crippen molar-refractivity contribution in [3.05, 3.63) is 40.4 Å². The van der Waals surface area contributed by atoms with Gasteiger partial charge in [-0.3, -0.25) is 9.59 Å². The largest absolute Gasteiger partial charge is 0.466 e. The van der Waals surface area contributed by atoms with Crippen LogP contribution in [-0.4, -0.2) is 41.5 Å². The van der Waals surface area contributed by atoms with Crippen LogP contribution in [0.15, 0.2) is 29.6 Å². The summed E-state index contributed by atoms with van der Waals surface area (Å²) >= 11 is 7.34. The summed E-state index contributed by atoms with van der Waals surface area (Å²) in [6.07, 6.45) is 1.28. The first-order chi connectivity index (χ1) is 12.1. The molecule has 1 aromatic heterocycles. The first-order valence-corrected chi connectivity index (χ1v) is 9.51. The molecule has 2 aromatic rings. The summed E-state index contributed by atoms with van der Waals surface area (Å²) in [5.74, 6) is -0.351. The number of nitrogens with zero attached hydrogens (tertiary/aromatic N) is 2. The maximum absolute atomic E-state index is 12.6. The highest BCUT2D eigenvalue weighted by Gasteiger charge is 2.29. The number of hydrogen-bond donors (Lipinski definition) is 0. The second-order valence-corrected chi connectivity index (χ2v) is 7.16. The number of piperidine rings is 1. The maximum Gasteiger partial charge on any atom is 0.309 e. The minimum Gasteiger partial charge on any atom is -0.466 e. The van der Waals surface area contributed by atoms with E-state index >= 15 is 0 Å². The molecule has 1 amide bonds. The third-order valence-corrected chi connectivity index (χ3v) is 5.36. The molecule has 0 aliphatic carbocycles. The van der Waals surface area contributed by atoms with Gasteiger partial charge in [0, 0.05) is 29.1 Å². The van der Waals surface area contributed by atoms with Crippen molar-refractivity contribution < 1.29 is 14.3 Å². The number of likely N-dealkylation sites (tertiary alicyclic amines) is 1. The summed E-state index contributed by atoms with van der Waals surface area (Å²) in [6, 6.07) is 7.39. The van der Waals surface area contributed by atoms with Gasteiger partial charge in [0.05, 0.1) is 12.5 Å². The molecule has 0 bridgehead atoms.